The fraction of sp³-hybridized carbons (Fsp3) is 0.250. The number of aromatic nitrogens is 4. The van der Waals surface area contributed by atoms with E-state index in [9.17, 15) is 9.50 Å². The van der Waals surface area contributed by atoms with Crippen LogP contribution in [0.4, 0.5) is 10.3 Å². The minimum Gasteiger partial charge on any atom is -0.432 e. The van der Waals surface area contributed by atoms with Crippen molar-refractivity contribution in [2.24, 2.45) is 0 Å². The highest BCUT2D eigenvalue weighted by Gasteiger charge is 2.20. The molecule has 0 spiro atoms. The van der Waals surface area contributed by atoms with Gasteiger partial charge in [-0.15, -0.1) is 0 Å². The summed E-state index contributed by atoms with van der Waals surface area (Å²) in [6.07, 6.45) is 6.70. The normalized spacial score (nSPS) is 12.4. The first kappa shape index (κ1) is 18.1. The molecule has 3 heterocycles. The third kappa shape index (κ3) is 3.46. The molecule has 0 amide bonds. The largest absolute Gasteiger partial charge is 0.432 e. The Bertz CT molecular complexity index is 1070. The third-order valence-electron chi connectivity index (χ3n) is 4.47. The molecule has 0 unspecified atom stereocenters. The molecule has 0 radical (unpaired) electrons. The molecule has 0 aliphatic heterocycles. The molecular weight excluding hydrogens is 361 g/mol. The molecule has 1 atom stereocenters. The van der Waals surface area contributed by atoms with Gasteiger partial charge in [0.05, 0.1) is 18.3 Å². The zero-order valence-corrected chi connectivity index (χ0v) is 15.3. The number of hydrogen-bond acceptors (Lipinski definition) is 6. The van der Waals surface area contributed by atoms with E-state index in [2.05, 4.69) is 27.2 Å². The van der Waals surface area contributed by atoms with E-state index in [1.54, 1.807) is 41.3 Å². The predicted octanol–water partition coefficient (Wildman–Crippen LogP) is 3.76. The van der Waals surface area contributed by atoms with E-state index >= 15 is 0 Å². The Morgan fingerprint density at radius 3 is 2.79 bits per heavy atom. The van der Waals surface area contributed by atoms with Gasteiger partial charge in [-0.3, -0.25) is 4.40 Å². The Hall–Kier alpha value is -3.26. The molecule has 4 rings (SSSR count). The highest BCUT2D eigenvalue weighted by Crippen LogP contribution is 2.32. The summed E-state index contributed by atoms with van der Waals surface area (Å²) in [6.45, 7) is 2.05. The monoisotopic (exact) mass is 381 g/mol. The molecule has 1 aromatic carbocycles. The van der Waals surface area contributed by atoms with Crippen molar-refractivity contribution in [3.05, 3.63) is 54.8 Å². The number of fused-ring (bicyclic) bond motifs is 1. The van der Waals surface area contributed by atoms with E-state index in [4.69, 9.17) is 4.42 Å². The number of imidazole rings is 1. The van der Waals surface area contributed by atoms with Gasteiger partial charge >= 0.3 is 5.84 Å². The van der Waals surface area contributed by atoms with E-state index in [1.165, 1.54) is 12.1 Å². The maximum atomic E-state index is 13.3. The van der Waals surface area contributed by atoms with Gasteiger partial charge in [0.2, 0.25) is 5.95 Å². The van der Waals surface area contributed by atoms with Crippen LogP contribution in [0.3, 0.4) is 0 Å². The van der Waals surface area contributed by atoms with Crippen LogP contribution in [0.5, 0.6) is 0 Å². The summed E-state index contributed by atoms with van der Waals surface area (Å²) >= 11 is 0. The zero-order valence-electron chi connectivity index (χ0n) is 15.3. The average molecular weight is 381 g/mol. The van der Waals surface area contributed by atoms with Crippen molar-refractivity contribution < 1.29 is 13.9 Å². The third-order valence-corrected chi connectivity index (χ3v) is 4.47. The van der Waals surface area contributed by atoms with Crippen LogP contribution in [0.15, 0.2) is 53.4 Å². The number of halogens is 1. The first-order valence-corrected chi connectivity index (χ1v) is 9.12. The number of aliphatic hydroxyl groups is 1. The second kappa shape index (κ2) is 7.77. The average Bonchev–Trinajstić information content (AvgIpc) is 3.29. The summed E-state index contributed by atoms with van der Waals surface area (Å²) in [5, 5.41) is 12.7. The van der Waals surface area contributed by atoms with Crippen LogP contribution in [0.2, 0.25) is 0 Å². The number of nitrogens with zero attached hydrogens (tertiary/aromatic N) is 4. The van der Waals surface area contributed by atoms with E-state index in [0.717, 1.165) is 24.1 Å². The molecule has 28 heavy (non-hydrogen) atoms. The van der Waals surface area contributed by atoms with Crippen molar-refractivity contribution in [2.45, 2.75) is 25.8 Å². The van der Waals surface area contributed by atoms with Crippen LogP contribution in [-0.4, -0.2) is 37.1 Å². The lowest BCUT2D eigenvalue weighted by Crippen LogP contribution is -2.24. The molecule has 0 saturated heterocycles. The van der Waals surface area contributed by atoms with Gasteiger partial charge < -0.3 is 14.8 Å². The summed E-state index contributed by atoms with van der Waals surface area (Å²) in [4.78, 5) is 13.4. The smallest absolute Gasteiger partial charge is 0.306 e. The minimum atomic E-state index is -0.312. The Morgan fingerprint density at radius 2 is 2.04 bits per heavy atom. The quantitative estimate of drug-likeness (QED) is 0.507. The van der Waals surface area contributed by atoms with E-state index in [0.29, 0.717) is 23.2 Å². The topological polar surface area (TPSA) is 88.5 Å². The molecule has 8 heteroatoms. The zero-order chi connectivity index (χ0) is 19.5. The predicted molar refractivity (Wildman–Crippen MR) is 103 cm³/mol. The van der Waals surface area contributed by atoms with Crippen molar-refractivity contribution in [1.29, 1.82) is 0 Å². The number of hydrogen-bond donors (Lipinski definition) is 2. The molecule has 0 aliphatic rings. The fourth-order valence-corrected chi connectivity index (χ4v) is 3.14. The van der Waals surface area contributed by atoms with Crippen LogP contribution >= 0.6 is 0 Å². The molecule has 0 saturated carbocycles. The first-order valence-electron chi connectivity index (χ1n) is 9.12. The molecule has 144 valence electrons. The summed E-state index contributed by atoms with van der Waals surface area (Å²) < 4.78 is 20.6. The van der Waals surface area contributed by atoms with Crippen molar-refractivity contribution in [3.63, 3.8) is 0 Å². The molecule has 2 N–H and O–H groups in total. The van der Waals surface area contributed by atoms with Crippen LogP contribution < -0.4 is 5.32 Å². The molecule has 0 aliphatic carbocycles. The molecule has 0 fully saturated rings. The van der Waals surface area contributed by atoms with Crippen LogP contribution in [-0.2, 0) is 0 Å². The van der Waals surface area contributed by atoms with Crippen LogP contribution in [0.25, 0.3) is 28.5 Å². The Labute approximate surface area is 160 Å². The molecule has 3 aromatic heterocycles. The summed E-state index contributed by atoms with van der Waals surface area (Å²) in [7, 11) is 0. The number of aliphatic hydroxyl groups excluding tert-OH is 1. The summed E-state index contributed by atoms with van der Waals surface area (Å²) in [5.74, 6) is 0.530. The molecule has 0 bridgehead atoms. The lowest BCUT2D eigenvalue weighted by molar-refractivity contribution is 0.268. The van der Waals surface area contributed by atoms with Gasteiger partial charge in [-0.1, -0.05) is 13.3 Å². The van der Waals surface area contributed by atoms with E-state index in [-0.39, 0.29) is 18.5 Å². The van der Waals surface area contributed by atoms with Gasteiger partial charge in [0.1, 0.15) is 23.5 Å². The summed E-state index contributed by atoms with van der Waals surface area (Å²) in [5.41, 5.74) is 2.75. The van der Waals surface area contributed by atoms with Gasteiger partial charge in [-0.25, -0.2) is 14.4 Å². The van der Waals surface area contributed by atoms with Gasteiger partial charge in [-0.05, 0) is 36.8 Å². The molecule has 7 nitrogen and oxygen atoms in total. The van der Waals surface area contributed by atoms with E-state index < -0.39 is 0 Å². The number of oxazole rings is 1. The van der Waals surface area contributed by atoms with Crippen molar-refractivity contribution >= 4 is 11.8 Å². The van der Waals surface area contributed by atoms with Crippen LogP contribution in [0.1, 0.15) is 19.8 Å². The second-order valence-electron chi connectivity index (χ2n) is 6.45. The lowest BCUT2D eigenvalue weighted by atomic mass is 10.1. The molecule has 4 aromatic rings. The number of anilines is 1. The Morgan fingerprint density at radius 1 is 1.21 bits per heavy atom. The minimum absolute atomic E-state index is 0.000908. The lowest BCUT2D eigenvalue weighted by Gasteiger charge is -2.15. The highest BCUT2D eigenvalue weighted by atomic mass is 19.1. The van der Waals surface area contributed by atoms with Gasteiger partial charge in [0.15, 0.2) is 0 Å². The first-order chi connectivity index (χ1) is 13.7. The van der Waals surface area contributed by atoms with Crippen molar-refractivity contribution in [1.82, 2.24) is 19.4 Å². The summed E-state index contributed by atoms with van der Waals surface area (Å²) in [6, 6.07) is 7.79. The maximum Gasteiger partial charge on any atom is 0.306 e. The number of nitrogens with one attached hydrogen (secondary N) is 1. The SMILES string of the molecule is CCC[C@H](CO)Nc1nccc(-c2c(-c3ccc(F)cc3)nc3occn23)n1. The van der Waals surface area contributed by atoms with Gasteiger partial charge in [-0.2, -0.15) is 4.98 Å². The van der Waals surface area contributed by atoms with Gasteiger partial charge in [0, 0.05) is 18.0 Å². The maximum absolute atomic E-state index is 13.3. The number of rotatable bonds is 7. The number of benzene rings is 1. The fourth-order valence-electron chi connectivity index (χ4n) is 3.14. The Kier molecular flexibility index (Phi) is 5.03. The van der Waals surface area contributed by atoms with Crippen molar-refractivity contribution in [3.8, 4) is 22.6 Å². The van der Waals surface area contributed by atoms with Crippen LogP contribution in [0, 0.1) is 5.82 Å². The second-order valence-corrected chi connectivity index (χ2v) is 6.45. The van der Waals surface area contributed by atoms with E-state index in [1.807, 2.05) is 0 Å². The van der Waals surface area contributed by atoms with Gasteiger partial charge in [0.25, 0.3) is 0 Å². The van der Waals surface area contributed by atoms with Crippen molar-refractivity contribution in [2.75, 3.05) is 11.9 Å². The standard InChI is InChI=1S/C20H20FN5O2/c1-2-3-15(12-27)23-19-22-9-8-16(24-19)18-17(13-4-6-14(21)7-5-13)25-20-26(18)10-11-28-20/h4-11,15,27H,2-3,12H2,1H3,(H,22,23,24)/t15-/m1/s1. The molecular formula is C20H20FN5O2. The Balaban J connectivity index is 1.78. The highest BCUT2D eigenvalue weighted by molar-refractivity contribution is 5.79.